The first kappa shape index (κ1) is 16.7. The quantitative estimate of drug-likeness (QED) is 0.756. The lowest BCUT2D eigenvalue weighted by Gasteiger charge is -2.13. The van der Waals surface area contributed by atoms with Gasteiger partial charge in [-0.25, -0.2) is 9.18 Å². The fourth-order valence-corrected chi connectivity index (χ4v) is 1.68. The van der Waals surface area contributed by atoms with Gasteiger partial charge in [0.25, 0.3) is 0 Å². The number of halogens is 2. The first-order valence-electron chi connectivity index (χ1n) is 6.55. The fraction of sp³-hybridized carbons (Fsp3) is 0.500. The van der Waals surface area contributed by atoms with E-state index in [1.807, 2.05) is 0 Å². The minimum absolute atomic E-state index is 0.000313. The van der Waals surface area contributed by atoms with Crippen molar-refractivity contribution in [2.45, 2.75) is 26.4 Å². The molecule has 0 aliphatic carbocycles. The molecule has 0 bridgehead atoms. The molecule has 1 aromatic carbocycles. The minimum Gasteiger partial charge on any atom is -0.387 e. The van der Waals surface area contributed by atoms with Crippen LogP contribution in [-0.4, -0.2) is 24.2 Å². The Hall–Kier alpha value is -1.33. The van der Waals surface area contributed by atoms with E-state index < -0.39 is 11.9 Å². The number of benzene rings is 1. The standard InChI is InChI=1S/C14H20ClFN2O2/c1-9(2)5-6-17-14(20)18-8-13(19)10-3-4-11(15)12(16)7-10/h3-4,7,9,13,19H,5-6,8H2,1-2H3,(H2,17,18,20). The molecule has 0 saturated carbocycles. The molecule has 1 atom stereocenters. The van der Waals surface area contributed by atoms with Crippen molar-refractivity contribution in [2.24, 2.45) is 5.92 Å². The van der Waals surface area contributed by atoms with Crippen molar-refractivity contribution in [3.8, 4) is 0 Å². The summed E-state index contributed by atoms with van der Waals surface area (Å²) < 4.78 is 13.2. The number of aliphatic hydroxyl groups is 1. The molecule has 4 nitrogen and oxygen atoms in total. The largest absolute Gasteiger partial charge is 0.387 e. The second kappa shape index (κ2) is 8.07. The van der Waals surface area contributed by atoms with Crippen LogP contribution in [0, 0.1) is 11.7 Å². The summed E-state index contributed by atoms with van der Waals surface area (Å²) in [6.45, 7) is 4.72. The summed E-state index contributed by atoms with van der Waals surface area (Å²) in [6, 6.07) is 3.71. The number of hydrogen-bond acceptors (Lipinski definition) is 2. The van der Waals surface area contributed by atoms with Crippen molar-refractivity contribution in [2.75, 3.05) is 13.1 Å². The molecule has 0 heterocycles. The van der Waals surface area contributed by atoms with Gasteiger partial charge in [0.1, 0.15) is 5.82 Å². The average molecular weight is 303 g/mol. The molecular formula is C14H20ClFN2O2. The van der Waals surface area contributed by atoms with Gasteiger partial charge < -0.3 is 15.7 Å². The highest BCUT2D eigenvalue weighted by atomic mass is 35.5. The van der Waals surface area contributed by atoms with E-state index in [9.17, 15) is 14.3 Å². The molecule has 3 N–H and O–H groups in total. The number of carbonyl (C=O) groups is 1. The molecule has 0 aliphatic heterocycles. The monoisotopic (exact) mass is 302 g/mol. The smallest absolute Gasteiger partial charge is 0.314 e. The van der Waals surface area contributed by atoms with Gasteiger partial charge in [-0.3, -0.25) is 0 Å². The van der Waals surface area contributed by atoms with E-state index in [2.05, 4.69) is 24.5 Å². The minimum atomic E-state index is -0.974. The van der Waals surface area contributed by atoms with E-state index in [1.54, 1.807) is 0 Å². The van der Waals surface area contributed by atoms with Crippen LogP contribution < -0.4 is 10.6 Å². The summed E-state index contributed by atoms with van der Waals surface area (Å²) in [5.41, 5.74) is 0.370. The zero-order chi connectivity index (χ0) is 15.1. The van der Waals surface area contributed by atoms with E-state index in [-0.39, 0.29) is 17.6 Å². The molecule has 2 amide bonds. The number of aliphatic hydroxyl groups excluding tert-OH is 1. The van der Waals surface area contributed by atoms with E-state index in [1.165, 1.54) is 12.1 Å². The number of carbonyl (C=O) groups excluding carboxylic acids is 1. The normalized spacial score (nSPS) is 12.3. The molecule has 0 aliphatic rings. The SMILES string of the molecule is CC(C)CCNC(=O)NCC(O)c1ccc(Cl)c(F)c1. The maximum absolute atomic E-state index is 13.2. The lowest BCUT2D eigenvalue weighted by atomic mass is 10.1. The Labute approximate surface area is 123 Å². The highest BCUT2D eigenvalue weighted by Crippen LogP contribution is 2.19. The molecule has 0 aromatic heterocycles. The first-order valence-corrected chi connectivity index (χ1v) is 6.92. The second-order valence-corrected chi connectivity index (χ2v) is 5.42. The van der Waals surface area contributed by atoms with Crippen LogP contribution in [0.1, 0.15) is 31.9 Å². The Morgan fingerprint density at radius 1 is 1.40 bits per heavy atom. The lowest BCUT2D eigenvalue weighted by molar-refractivity contribution is 0.172. The summed E-state index contributed by atoms with van der Waals surface area (Å²) in [5, 5.41) is 15.1. The molecule has 1 aromatic rings. The van der Waals surface area contributed by atoms with Crippen molar-refractivity contribution in [1.29, 1.82) is 0 Å². The van der Waals surface area contributed by atoms with Gasteiger partial charge in [-0.1, -0.05) is 31.5 Å². The Morgan fingerprint density at radius 2 is 2.10 bits per heavy atom. The van der Waals surface area contributed by atoms with Gasteiger partial charge in [0.15, 0.2) is 0 Å². The fourth-order valence-electron chi connectivity index (χ4n) is 1.56. The van der Waals surface area contributed by atoms with Crippen LogP contribution in [0.5, 0.6) is 0 Å². The molecule has 0 fully saturated rings. The molecule has 112 valence electrons. The van der Waals surface area contributed by atoms with E-state index >= 15 is 0 Å². The van der Waals surface area contributed by atoms with Crippen molar-refractivity contribution < 1.29 is 14.3 Å². The molecule has 1 unspecified atom stereocenters. The van der Waals surface area contributed by atoms with Crippen LogP contribution in [0.2, 0.25) is 5.02 Å². The third-order valence-electron chi connectivity index (χ3n) is 2.79. The zero-order valence-electron chi connectivity index (χ0n) is 11.6. The van der Waals surface area contributed by atoms with E-state index in [0.29, 0.717) is 18.0 Å². The third-order valence-corrected chi connectivity index (χ3v) is 3.10. The zero-order valence-corrected chi connectivity index (χ0v) is 12.4. The van der Waals surface area contributed by atoms with Crippen LogP contribution in [0.25, 0.3) is 0 Å². The van der Waals surface area contributed by atoms with Crippen molar-refractivity contribution in [3.63, 3.8) is 0 Å². The summed E-state index contributed by atoms with van der Waals surface area (Å²) in [5.74, 6) is -0.0810. The van der Waals surface area contributed by atoms with Crippen molar-refractivity contribution in [3.05, 3.63) is 34.6 Å². The highest BCUT2D eigenvalue weighted by molar-refractivity contribution is 6.30. The lowest BCUT2D eigenvalue weighted by Crippen LogP contribution is -2.38. The van der Waals surface area contributed by atoms with Crippen LogP contribution in [-0.2, 0) is 0 Å². The predicted octanol–water partition coefficient (Wildman–Crippen LogP) is 2.86. The van der Waals surface area contributed by atoms with Crippen LogP contribution in [0.3, 0.4) is 0 Å². The van der Waals surface area contributed by atoms with Crippen LogP contribution in [0.4, 0.5) is 9.18 Å². The molecule has 6 heteroatoms. The summed E-state index contributed by atoms with van der Waals surface area (Å²) in [4.78, 5) is 11.5. The maximum atomic E-state index is 13.2. The van der Waals surface area contributed by atoms with Crippen molar-refractivity contribution in [1.82, 2.24) is 10.6 Å². The van der Waals surface area contributed by atoms with Gasteiger partial charge in [0, 0.05) is 13.1 Å². The molecule has 0 spiro atoms. The number of nitrogens with one attached hydrogen (secondary N) is 2. The third kappa shape index (κ3) is 5.75. The Bertz CT molecular complexity index is 455. The number of hydrogen-bond donors (Lipinski definition) is 3. The van der Waals surface area contributed by atoms with Gasteiger partial charge in [-0.2, -0.15) is 0 Å². The van der Waals surface area contributed by atoms with Gasteiger partial charge in [0.05, 0.1) is 11.1 Å². The highest BCUT2D eigenvalue weighted by Gasteiger charge is 2.11. The number of amides is 2. The van der Waals surface area contributed by atoms with Crippen LogP contribution >= 0.6 is 11.6 Å². The topological polar surface area (TPSA) is 61.4 Å². The van der Waals surface area contributed by atoms with E-state index in [0.717, 1.165) is 12.5 Å². The van der Waals surface area contributed by atoms with Gasteiger partial charge in [-0.05, 0) is 30.0 Å². The summed E-state index contributed by atoms with van der Waals surface area (Å²) in [6.07, 6.45) is -0.0872. The Morgan fingerprint density at radius 3 is 2.70 bits per heavy atom. The summed E-state index contributed by atoms with van der Waals surface area (Å²) in [7, 11) is 0. The van der Waals surface area contributed by atoms with Crippen LogP contribution in [0.15, 0.2) is 18.2 Å². The molecular weight excluding hydrogens is 283 g/mol. The molecule has 20 heavy (non-hydrogen) atoms. The van der Waals surface area contributed by atoms with Gasteiger partial charge >= 0.3 is 6.03 Å². The average Bonchev–Trinajstić information content (AvgIpc) is 2.38. The van der Waals surface area contributed by atoms with Gasteiger partial charge in [-0.15, -0.1) is 0 Å². The predicted molar refractivity (Wildman–Crippen MR) is 77.2 cm³/mol. The van der Waals surface area contributed by atoms with Crippen molar-refractivity contribution >= 4 is 17.6 Å². The van der Waals surface area contributed by atoms with Gasteiger partial charge in [0.2, 0.25) is 0 Å². The Balaban J connectivity index is 2.37. The molecule has 0 saturated heterocycles. The Kier molecular flexibility index (Phi) is 6.75. The van der Waals surface area contributed by atoms with E-state index in [4.69, 9.17) is 11.6 Å². The summed E-state index contributed by atoms with van der Waals surface area (Å²) >= 11 is 5.56. The number of rotatable bonds is 6. The number of urea groups is 1. The molecule has 0 radical (unpaired) electrons. The maximum Gasteiger partial charge on any atom is 0.314 e. The second-order valence-electron chi connectivity index (χ2n) is 5.01. The molecule has 1 rings (SSSR count). The first-order chi connectivity index (χ1) is 9.40.